The zero-order chi connectivity index (χ0) is 9.97. The SMILES string of the molecule is Cc1ccc(-c2ccc(C)nn2)cc1. The molecule has 0 saturated heterocycles. The number of hydrogen-bond acceptors (Lipinski definition) is 2. The third-order valence-corrected chi connectivity index (χ3v) is 2.15. The third kappa shape index (κ3) is 1.79. The van der Waals surface area contributed by atoms with Gasteiger partial charge >= 0.3 is 0 Å². The molecular weight excluding hydrogens is 172 g/mol. The molecule has 2 nitrogen and oxygen atoms in total. The van der Waals surface area contributed by atoms with Crippen molar-refractivity contribution < 1.29 is 0 Å². The fraction of sp³-hybridized carbons (Fsp3) is 0.167. The summed E-state index contributed by atoms with van der Waals surface area (Å²) in [4.78, 5) is 0. The van der Waals surface area contributed by atoms with E-state index in [1.165, 1.54) is 5.56 Å². The van der Waals surface area contributed by atoms with E-state index in [0.29, 0.717) is 0 Å². The van der Waals surface area contributed by atoms with Gasteiger partial charge in [0.1, 0.15) is 0 Å². The largest absolute Gasteiger partial charge is 0.155 e. The number of aromatic nitrogens is 2. The van der Waals surface area contributed by atoms with Crippen molar-refractivity contribution >= 4 is 0 Å². The third-order valence-electron chi connectivity index (χ3n) is 2.15. The second-order valence-electron chi connectivity index (χ2n) is 3.43. The molecule has 0 aliphatic rings. The molecule has 2 aromatic rings. The van der Waals surface area contributed by atoms with Crippen LogP contribution in [0.4, 0.5) is 0 Å². The summed E-state index contributed by atoms with van der Waals surface area (Å²) in [6.07, 6.45) is 0. The first-order valence-corrected chi connectivity index (χ1v) is 4.63. The Bertz CT molecular complexity index is 372. The second kappa shape index (κ2) is 3.58. The topological polar surface area (TPSA) is 25.8 Å². The lowest BCUT2D eigenvalue weighted by Crippen LogP contribution is -1.89. The van der Waals surface area contributed by atoms with Crippen molar-refractivity contribution in [2.24, 2.45) is 0 Å². The van der Waals surface area contributed by atoms with Crippen molar-refractivity contribution in [1.82, 2.24) is 10.2 Å². The summed E-state index contributed by atoms with van der Waals surface area (Å²) < 4.78 is 0. The predicted octanol–water partition coefficient (Wildman–Crippen LogP) is 2.76. The smallest absolute Gasteiger partial charge is 0.0929 e. The minimum absolute atomic E-state index is 0.926. The Kier molecular flexibility index (Phi) is 2.27. The fourth-order valence-corrected chi connectivity index (χ4v) is 1.28. The molecule has 0 saturated carbocycles. The van der Waals surface area contributed by atoms with E-state index in [4.69, 9.17) is 0 Å². The Morgan fingerprint density at radius 2 is 1.50 bits per heavy atom. The Balaban J connectivity index is 2.40. The van der Waals surface area contributed by atoms with E-state index in [0.717, 1.165) is 17.0 Å². The molecule has 0 bridgehead atoms. The van der Waals surface area contributed by atoms with Gasteiger partial charge in [-0.05, 0) is 26.0 Å². The zero-order valence-electron chi connectivity index (χ0n) is 8.36. The summed E-state index contributed by atoms with van der Waals surface area (Å²) in [5.74, 6) is 0. The first kappa shape index (κ1) is 8.88. The summed E-state index contributed by atoms with van der Waals surface area (Å²) in [5, 5.41) is 8.16. The van der Waals surface area contributed by atoms with Crippen molar-refractivity contribution in [3.63, 3.8) is 0 Å². The van der Waals surface area contributed by atoms with E-state index in [-0.39, 0.29) is 0 Å². The molecule has 2 rings (SSSR count). The van der Waals surface area contributed by atoms with Crippen molar-refractivity contribution in [2.75, 3.05) is 0 Å². The maximum Gasteiger partial charge on any atom is 0.0929 e. The monoisotopic (exact) mass is 184 g/mol. The van der Waals surface area contributed by atoms with Gasteiger partial charge in [0.25, 0.3) is 0 Å². The molecule has 0 aliphatic heterocycles. The molecule has 0 radical (unpaired) electrons. The molecule has 1 aromatic heterocycles. The lowest BCUT2D eigenvalue weighted by Gasteiger charge is -2.00. The number of aryl methyl sites for hydroxylation is 2. The molecule has 1 aromatic carbocycles. The number of benzene rings is 1. The Labute approximate surface area is 83.6 Å². The molecule has 0 unspecified atom stereocenters. The standard InChI is InChI=1S/C12H12N2/c1-9-3-6-11(7-4-9)12-8-5-10(2)13-14-12/h3-8H,1-2H3. The van der Waals surface area contributed by atoms with Crippen LogP contribution in [0.3, 0.4) is 0 Å². The van der Waals surface area contributed by atoms with E-state index < -0.39 is 0 Å². The van der Waals surface area contributed by atoms with Gasteiger partial charge < -0.3 is 0 Å². The molecular formula is C12H12N2. The van der Waals surface area contributed by atoms with Crippen molar-refractivity contribution in [3.8, 4) is 11.3 Å². The average molecular weight is 184 g/mol. The van der Waals surface area contributed by atoms with Crippen LogP contribution in [0.2, 0.25) is 0 Å². The number of hydrogen-bond donors (Lipinski definition) is 0. The lowest BCUT2D eigenvalue weighted by molar-refractivity contribution is 0.987. The highest BCUT2D eigenvalue weighted by Crippen LogP contribution is 2.16. The molecule has 0 atom stereocenters. The number of nitrogens with zero attached hydrogens (tertiary/aromatic N) is 2. The highest BCUT2D eigenvalue weighted by atomic mass is 15.1. The molecule has 0 N–H and O–H groups in total. The van der Waals surface area contributed by atoms with Gasteiger partial charge in [-0.25, -0.2) is 0 Å². The minimum atomic E-state index is 0.926. The summed E-state index contributed by atoms with van der Waals surface area (Å²) in [6, 6.07) is 12.3. The van der Waals surface area contributed by atoms with Gasteiger partial charge in [-0.3, -0.25) is 0 Å². The molecule has 14 heavy (non-hydrogen) atoms. The summed E-state index contributed by atoms with van der Waals surface area (Å²) >= 11 is 0. The van der Waals surface area contributed by atoms with Gasteiger partial charge in [-0.2, -0.15) is 10.2 Å². The van der Waals surface area contributed by atoms with Crippen molar-refractivity contribution in [2.45, 2.75) is 13.8 Å². The normalized spacial score (nSPS) is 10.1. The quantitative estimate of drug-likeness (QED) is 0.681. The highest BCUT2D eigenvalue weighted by molar-refractivity contribution is 5.58. The van der Waals surface area contributed by atoms with Crippen LogP contribution < -0.4 is 0 Å². The summed E-state index contributed by atoms with van der Waals surface area (Å²) in [7, 11) is 0. The molecule has 0 amide bonds. The Hall–Kier alpha value is -1.70. The molecule has 0 fully saturated rings. The lowest BCUT2D eigenvalue weighted by atomic mass is 10.1. The fourth-order valence-electron chi connectivity index (χ4n) is 1.28. The van der Waals surface area contributed by atoms with E-state index in [9.17, 15) is 0 Å². The van der Waals surface area contributed by atoms with Gasteiger partial charge in [0.15, 0.2) is 0 Å². The van der Waals surface area contributed by atoms with E-state index in [1.54, 1.807) is 0 Å². The van der Waals surface area contributed by atoms with Crippen LogP contribution in [0.1, 0.15) is 11.3 Å². The van der Waals surface area contributed by atoms with Gasteiger partial charge in [-0.15, -0.1) is 0 Å². The maximum absolute atomic E-state index is 4.13. The van der Waals surface area contributed by atoms with Crippen LogP contribution in [-0.4, -0.2) is 10.2 Å². The second-order valence-corrected chi connectivity index (χ2v) is 3.43. The Morgan fingerprint density at radius 1 is 0.786 bits per heavy atom. The van der Waals surface area contributed by atoms with Gasteiger partial charge in [-0.1, -0.05) is 29.8 Å². The zero-order valence-corrected chi connectivity index (χ0v) is 8.36. The summed E-state index contributed by atoms with van der Waals surface area (Å²) in [5.41, 5.74) is 4.24. The van der Waals surface area contributed by atoms with Gasteiger partial charge in [0, 0.05) is 5.56 Å². The van der Waals surface area contributed by atoms with Crippen LogP contribution in [0.25, 0.3) is 11.3 Å². The van der Waals surface area contributed by atoms with Crippen LogP contribution in [0.5, 0.6) is 0 Å². The first-order valence-electron chi connectivity index (χ1n) is 4.63. The van der Waals surface area contributed by atoms with E-state index in [1.807, 2.05) is 19.1 Å². The van der Waals surface area contributed by atoms with E-state index in [2.05, 4.69) is 41.4 Å². The van der Waals surface area contributed by atoms with Crippen LogP contribution in [0, 0.1) is 13.8 Å². The average Bonchev–Trinajstić information content (AvgIpc) is 2.21. The predicted molar refractivity (Wildman–Crippen MR) is 56.9 cm³/mol. The van der Waals surface area contributed by atoms with E-state index >= 15 is 0 Å². The molecule has 0 aliphatic carbocycles. The molecule has 70 valence electrons. The van der Waals surface area contributed by atoms with Gasteiger partial charge in [0.05, 0.1) is 11.4 Å². The van der Waals surface area contributed by atoms with Crippen molar-refractivity contribution in [1.29, 1.82) is 0 Å². The Morgan fingerprint density at radius 3 is 2.07 bits per heavy atom. The van der Waals surface area contributed by atoms with Crippen LogP contribution in [-0.2, 0) is 0 Å². The number of rotatable bonds is 1. The highest BCUT2D eigenvalue weighted by Gasteiger charge is 1.98. The van der Waals surface area contributed by atoms with Crippen molar-refractivity contribution in [3.05, 3.63) is 47.7 Å². The van der Waals surface area contributed by atoms with Crippen LogP contribution >= 0.6 is 0 Å². The molecule has 0 spiro atoms. The first-order chi connectivity index (χ1) is 6.75. The van der Waals surface area contributed by atoms with Gasteiger partial charge in [0.2, 0.25) is 0 Å². The molecule has 1 heterocycles. The summed E-state index contributed by atoms with van der Waals surface area (Å²) in [6.45, 7) is 4.01. The maximum atomic E-state index is 4.13. The minimum Gasteiger partial charge on any atom is -0.155 e. The molecule has 2 heteroatoms. The van der Waals surface area contributed by atoms with Crippen LogP contribution in [0.15, 0.2) is 36.4 Å².